The van der Waals surface area contributed by atoms with Crippen LogP contribution in [0.25, 0.3) is 32.9 Å². The number of ether oxygens (including phenoxy) is 3. The van der Waals surface area contributed by atoms with Gasteiger partial charge in [-0.05, 0) is 80.0 Å². The third-order valence-electron chi connectivity index (χ3n) is 12.7. The Morgan fingerprint density at radius 1 is 1.06 bits per heavy atom. The Kier molecular flexibility index (Phi) is 7.85. The van der Waals surface area contributed by atoms with Crippen molar-refractivity contribution in [1.29, 1.82) is 0 Å². The van der Waals surface area contributed by atoms with Gasteiger partial charge in [0.15, 0.2) is 12.6 Å². The molecule has 9 rings (SSSR count). The second-order valence-electron chi connectivity index (χ2n) is 15.5. The van der Waals surface area contributed by atoms with Crippen molar-refractivity contribution in [3.63, 3.8) is 0 Å². The van der Waals surface area contributed by atoms with Crippen molar-refractivity contribution < 1.29 is 27.4 Å². The molecular formula is C40H42F3N5O3. The Bertz CT molecular complexity index is 2110. The van der Waals surface area contributed by atoms with Gasteiger partial charge in [0.25, 0.3) is 0 Å². The number of hydrogen-bond acceptors (Lipinski definition) is 8. The van der Waals surface area contributed by atoms with Crippen molar-refractivity contribution in [1.82, 2.24) is 19.9 Å². The molecule has 0 radical (unpaired) electrons. The summed E-state index contributed by atoms with van der Waals surface area (Å²) in [5, 5.41) is 1.51. The van der Waals surface area contributed by atoms with Crippen LogP contribution in [-0.2, 0) is 4.74 Å². The number of pyridine rings is 1. The van der Waals surface area contributed by atoms with Gasteiger partial charge in [0.1, 0.15) is 41.4 Å². The molecule has 8 nitrogen and oxygen atoms in total. The van der Waals surface area contributed by atoms with Gasteiger partial charge in [-0.15, -0.1) is 6.42 Å². The van der Waals surface area contributed by atoms with E-state index < -0.39 is 23.3 Å². The summed E-state index contributed by atoms with van der Waals surface area (Å²) in [6, 6.07) is 6.52. The first kappa shape index (κ1) is 32.7. The van der Waals surface area contributed by atoms with E-state index in [-0.39, 0.29) is 54.1 Å². The molecule has 4 aromatic rings. The molecule has 51 heavy (non-hydrogen) atoms. The van der Waals surface area contributed by atoms with Crippen molar-refractivity contribution in [2.45, 2.75) is 76.0 Å². The first-order valence-corrected chi connectivity index (χ1v) is 18.2. The van der Waals surface area contributed by atoms with E-state index in [2.05, 4.69) is 29.6 Å². The van der Waals surface area contributed by atoms with Crippen LogP contribution in [0.2, 0.25) is 0 Å². The molecule has 0 amide bonds. The Balaban J connectivity index is 1.28. The molecule has 0 spiro atoms. The number of benzene rings is 2. The quantitative estimate of drug-likeness (QED) is 0.146. The first-order chi connectivity index (χ1) is 24.7. The molecule has 4 fully saturated rings. The SMILES string of the molecule is C#Cc1c(F)ccc2cc(OCOC)cc(-c3nc4c5c(nc(OC[C@@]67CCCN6C[C@H](F)C7)nc5c3F)N3C[C@H]5CC[C@H](C5)[C@@H]3[C@@H](C)[C@H]4C)c12. The van der Waals surface area contributed by atoms with Gasteiger partial charge in [-0.1, -0.05) is 25.8 Å². The highest BCUT2D eigenvalue weighted by molar-refractivity contribution is 6.03. The predicted octanol–water partition coefficient (Wildman–Crippen LogP) is 7.40. The van der Waals surface area contributed by atoms with Gasteiger partial charge in [-0.3, -0.25) is 4.90 Å². The van der Waals surface area contributed by atoms with E-state index in [9.17, 15) is 4.39 Å². The number of fused-ring (bicyclic) bond motifs is 7. The van der Waals surface area contributed by atoms with Gasteiger partial charge < -0.3 is 19.1 Å². The zero-order valence-electron chi connectivity index (χ0n) is 29.2. The summed E-state index contributed by atoms with van der Waals surface area (Å²) in [4.78, 5) is 19.6. The minimum absolute atomic E-state index is 0.000125. The van der Waals surface area contributed by atoms with Crippen LogP contribution in [0.15, 0.2) is 24.3 Å². The topological polar surface area (TPSA) is 72.8 Å². The Hall–Kier alpha value is -4.14. The maximum Gasteiger partial charge on any atom is 0.319 e. The summed E-state index contributed by atoms with van der Waals surface area (Å²) in [5.74, 6) is 3.37. The molecule has 7 atom stereocenters. The average molecular weight is 698 g/mol. The van der Waals surface area contributed by atoms with E-state index in [1.807, 2.05) is 0 Å². The molecule has 5 aliphatic rings. The van der Waals surface area contributed by atoms with Gasteiger partial charge in [0.2, 0.25) is 0 Å². The number of piperidine rings is 1. The summed E-state index contributed by atoms with van der Waals surface area (Å²) in [6.45, 7) is 6.64. The number of anilines is 1. The van der Waals surface area contributed by atoms with Crippen molar-refractivity contribution >= 4 is 27.5 Å². The van der Waals surface area contributed by atoms with E-state index in [1.54, 1.807) is 18.2 Å². The maximum atomic E-state index is 17.6. The summed E-state index contributed by atoms with van der Waals surface area (Å²) in [7, 11) is 1.51. The molecule has 0 N–H and O–H groups in total. The molecule has 11 heteroatoms. The lowest BCUT2D eigenvalue weighted by Crippen LogP contribution is -2.50. The smallest absolute Gasteiger partial charge is 0.319 e. The van der Waals surface area contributed by atoms with Gasteiger partial charge in [-0.25, -0.2) is 18.2 Å². The zero-order chi connectivity index (χ0) is 35.2. The Morgan fingerprint density at radius 3 is 2.75 bits per heavy atom. The fourth-order valence-corrected chi connectivity index (χ4v) is 10.3. The van der Waals surface area contributed by atoms with E-state index in [0.29, 0.717) is 63.8 Å². The predicted molar refractivity (Wildman–Crippen MR) is 189 cm³/mol. The highest BCUT2D eigenvalue weighted by Gasteiger charge is 2.50. The molecule has 3 saturated heterocycles. The standard InChI is InChI=1S/C40H42F3N5O3/c1-5-28-30(42)10-9-24-14-27(51-20-49-4)15-29(31(24)28)35-33(43)36-32-34(44-35)21(2)22(3)37-25-8-7-23(13-25)17-48(37)38(32)46-39(45-36)50-19-40-11-6-12-47(40)18-26(41)16-40/h1,9-10,14-15,21-23,25-26,37H,6-8,11-13,16-20H2,2-4H3/t21-,22+,23+,25-,26-,37+,40+/m1/s1. The summed E-state index contributed by atoms with van der Waals surface area (Å²) < 4.78 is 65.0. The highest BCUT2D eigenvalue weighted by Crippen LogP contribution is 2.52. The largest absolute Gasteiger partial charge is 0.468 e. The third kappa shape index (κ3) is 5.07. The number of rotatable bonds is 7. The fourth-order valence-electron chi connectivity index (χ4n) is 10.3. The number of halogens is 3. The lowest BCUT2D eigenvalue weighted by Gasteiger charge is -2.44. The number of aromatic nitrogens is 3. The first-order valence-electron chi connectivity index (χ1n) is 18.2. The van der Waals surface area contributed by atoms with Crippen LogP contribution >= 0.6 is 0 Å². The fraction of sp³-hybridized carbons (Fsp3) is 0.525. The minimum atomic E-state index is -0.909. The molecule has 1 aliphatic carbocycles. The zero-order valence-corrected chi connectivity index (χ0v) is 29.2. The van der Waals surface area contributed by atoms with E-state index >= 15 is 8.78 Å². The highest BCUT2D eigenvalue weighted by atomic mass is 19.1. The molecule has 266 valence electrons. The minimum Gasteiger partial charge on any atom is -0.468 e. The van der Waals surface area contributed by atoms with Crippen LogP contribution in [-0.4, -0.2) is 77.7 Å². The summed E-state index contributed by atoms with van der Waals surface area (Å²) in [6.07, 6.45) is 10.7. The molecular weight excluding hydrogens is 655 g/mol. The third-order valence-corrected chi connectivity index (χ3v) is 12.7. The number of nitrogens with zero attached hydrogens (tertiary/aromatic N) is 5. The van der Waals surface area contributed by atoms with Crippen LogP contribution in [0.5, 0.6) is 11.8 Å². The van der Waals surface area contributed by atoms with Crippen LogP contribution < -0.4 is 14.4 Å². The average Bonchev–Trinajstić information content (AvgIpc) is 3.78. The Morgan fingerprint density at radius 2 is 1.92 bits per heavy atom. The molecule has 2 bridgehead atoms. The number of hydrogen-bond donors (Lipinski definition) is 0. The van der Waals surface area contributed by atoms with Crippen molar-refractivity contribution in [3.05, 3.63) is 47.2 Å². The van der Waals surface area contributed by atoms with E-state index in [4.69, 9.17) is 35.6 Å². The van der Waals surface area contributed by atoms with Gasteiger partial charge in [-0.2, -0.15) is 9.97 Å². The molecule has 4 aliphatic heterocycles. The van der Waals surface area contributed by atoms with Gasteiger partial charge in [0, 0.05) is 49.5 Å². The van der Waals surface area contributed by atoms with Crippen molar-refractivity contribution in [2.24, 2.45) is 17.8 Å². The number of terminal acetylenes is 1. The van der Waals surface area contributed by atoms with Crippen molar-refractivity contribution in [3.8, 4) is 35.4 Å². The van der Waals surface area contributed by atoms with Crippen LogP contribution in [0.1, 0.15) is 69.5 Å². The van der Waals surface area contributed by atoms with Crippen LogP contribution in [0, 0.1) is 41.7 Å². The van der Waals surface area contributed by atoms with Crippen LogP contribution in [0.4, 0.5) is 19.0 Å². The van der Waals surface area contributed by atoms with E-state index in [0.717, 1.165) is 32.4 Å². The van der Waals surface area contributed by atoms with Gasteiger partial charge in [0.05, 0.1) is 22.2 Å². The summed E-state index contributed by atoms with van der Waals surface area (Å²) in [5.41, 5.74) is 0.667. The second kappa shape index (κ2) is 12.2. The van der Waals surface area contributed by atoms with Crippen molar-refractivity contribution in [2.75, 3.05) is 45.0 Å². The number of alkyl halides is 1. The summed E-state index contributed by atoms with van der Waals surface area (Å²) >= 11 is 0. The lowest BCUT2D eigenvalue weighted by atomic mass is 9.77. The van der Waals surface area contributed by atoms with Gasteiger partial charge >= 0.3 is 6.01 Å². The molecule has 1 saturated carbocycles. The normalized spacial score (nSPS) is 29.6. The number of methoxy groups -OCH3 is 1. The second-order valence-corrected chi connectivity index (χ2v) is 15.5. The molecule has 0 unspecified atom stereocenters. The lowest BCUT2D eigenvalue weighted by molar-refractivity contribution is 0.0512. The van der Waals surface area contributed by atoms with E-state index in [1.165, 1.54) is 26.0 Å². The van der Waals surface area contributed by atoms with Crippen LogP contribution in [0.3, 0.4) is 0 Å². The molecule has 2 aromatic heterocycles. The maximum absolute atomic E-state index is 17.6. The molecule has 6 heterocycles. The monoisotopic (exact) mass is 697 g/mol. The Labute approximate surface area is 295 Å². The molecule has 2 aromatic carbocycles.